The number of aldehydes is 1. The Hall–Kier alpha value is -0.770. The van der Waals surface area contributed by atoms with E-state index in [4.69, 9.17) is 27.9 Å². The average Bonchev–Trinajstić information content (AvgIpc) is 2.28. The second kappa shape index (κ2) is 6.74. The molecule has 0 unspecified atom stereocenters. The van der Waals surface area contributed by atoms with Crippen molar-refractivity contribution in [1.29, 1.82) is 0 Å². The molecular formula is C11H13Cl2NO2. The number of rotatable bonds is 6. The van der Waals surface area contributed by atoms with Crippen LogP contribution in [0.5, 0.6) is 5.75 Å². The number of hydrogen-bond donors (Lipinski definition) is 1. The zero-order valence-electron chi connectivity index (χ0n) is 8.93. The van der Waals surface area contributed by atoms with Crippen LogP contribution in [0, 0.1) is 0 Å². The van der Waals surface area contributed by atoms with Gasteiger partial charge < -0.3 is 14.8 Å². The van der Waals surface area contributed by atoms with Crippen LogP contribution in [0.2, 0.25) is 10.0 Å². The van der Waals surface area contributed by atoms with E-state index in [1.807, 2.05) is 0 Å². The Morgan fingerprint density at radius 1 is 1.38 bits per heavy atom. The number of carbonyl (C=O) groups excluding carboxylic acids is 1. The molecule has 0 aliphatic carbocycles. The molecule has 0 atom stereocenters. The standard InChI is InChI=1S/C11H13Cl2NO2/c1-16-11-7-9(12)8(6-10(11)13)2-3-14-4-5-15/h5-7,14H,2-4H2,1H3. The topological polar surface area (TPSA) is 38.3 Å². The van der Waals surface area contributed by atoms with Crippen molar-refractivity contribution in [3.8, 4) is 5.75 Å². The number of benzene rings is 1. The molecule has 1 aromatic rings. The van der Waals surface area contributed by atoms with Crippen molar-refractivity contribution >= 4 is 29.5 Å². The van der Waals surface area contributed by atoms with Crippen molar-refractivity contribution in [2.75, 3.05) is 20.2 Å². The van der Waals surface area contributed by atoms with Gasteiger partial charge in [-0.15, -0.1) is 0 Å². The minimum Gasteiger partial charge on any atom is -0.495 e. The van der Waals surface area contributed by atoms with Gasteiger partial charge >= 0.3 is 0 Å². The first-order valence-electron chi connectivity index (χ1n) is 4.85. The summed E-state index contributed by atoms with van der Waals surface area (Å²) in [6, 6.07) is 3.48. The Bertz CT molecular complexity index is 369. The predicted molar refractivity (Wildman–Crippen MR) is 65.7 cm³/mol. The van der Waals surface area contributed by atoms with Crippen LogP contribution in [0.25, 0.3) is 0 Å². The number of halogens is 2. The molecule has 0 saturated carbocycles. The lowest BCUT2D eigenvalue weighted by Gasteiger charge is -2.08. The van der Waals surface area contributed by atoms with E-state index in [9.17, 15) is 4.79 Å². The Labute approximate surface area is 105 Å². The van der Waals surface area contributed by atoms with E-state index in [1.165, 1.54) is 0 Å². The molecule has 0 bridgehead atoms. The van der Waals surface area contributed by atoms with E-state index in [-0.39, 0.29) is 0 Å². The highest BCUT2D eigenvalue weighted by Gasteiger charge is 2.07. The smallest absolute Gasteiger partial charge is 0.138 e. The van der Waals surface area contributed by atoms with Crippen LogP contribution >= 0.6 is 23.2 Å². The third kappa shape index (κ3) is 3.67. The van der Waals surface area contributed by atoms with Gasteiger partial charge in [-0.05, 0) is 24.6 Å². The van der Waals surface area contributed by atoms with E-state index < -0.39 is 0 Å². The summed E-state index contributed by atoms with van der Waals surface area (Å²) in [5, 5.41) is 4.12. The van der Waals surface area contributed by atoms with E-state index in [0.717, 1.165) is 18.3 Å². The zero-order valence-corrected chi connectivity index (χ0v) is 10.4. The van der Waals surface area contributed by atoms with E-state index in [2.05, 4.69) is 5.32 Å². The third-order valence-corrected chi connectivity index (χ3v) is 2.77. The fraction of sp³-hybridized carbons (Fsp3) is 0.364. The summed E-state index contributed by atoms with van der Waals surface area (Å²) in [6.07, 6.45) is 1.54. The number of carbonyl (C=O) groups is 1. The van der Waals surface area contributed by atoms with Gasteiger partial charge in [0.15, 0.2) is 0 Å². The monoisotopic (exact) mass is 261 g/mol. The number of hydrogen-bond acceptors (Lipinski definition) is 3. The summed E-state index contributed by atoms with van der Waals surface area (Å²) in [5.41, 5.74) is 0.936. The second-order valence-electron chi connectivity index (χ2n) is 3.20. The zero-order chi connectivity index (χ0) is 12.0. The largest absolute Gasteiger partial charge is 0.495 e. The summed E-state index contributed by atoms with van der Waals surface area (Å²) in [6.45, 7) is 1.03. The fourth-order valence-electron chi connectivity index (χ4n) is 1.30. The third-order valence-electron chi connectivity index (χ3n) is 2.12. The van der Waals surface area contributed by atoms with Gasteiger partial charge in [-0.2, -0.15) is 0 Å². The second-order valence-corrected chi connectivity index (χ2v) is 4.01. The molecule has 88 valence electrons. The fourth-order valence-corrected chi connectivity index (χ4v) is 1.81. The Kier molecular flexibility index (Phi) is 5.60. The summed E-state index contributed by atoms with van der Waals surface area (Å²) >= 11 is 12.0. The first-order chi connectivity index (χ1) is 7.69. The van der Waals surface area contributed by atoms with E-state index >= 15 is 0 Å². The lowest BCUT2D eigenvalue weighted by Crippen LogP contribution is -2.19. The molecule has 1 N–H and O–H groups in total. The van der Waals surface area contributed by atoms with Gasteiger partial charge in [0.25, 0.3) is 0 Å². The van der Waals surface area contributed by atoms with Gasteiger partial charge in [0.2, 0.25) is 0 Å². The van der Waals surface area contributed by atoms with Crippen molar-refractivity contribution in [2.24, 2.45) is 0 Å². The molecule has 3 nitrogen and oxygen atoms in total. The molecule has 0 heterocycles. The highest BCUT2D eigenvalue weighted by molar-refractivity contribution is 6.34. The van der Waals surface area contributed by atoms with Crippen LogP contribution in [0.15, 0.2) is 12.1 Å². The average molecular weight is 262 g/mol. The summed E-state index contributed by atoms with van der Waals surface area (Å²) in [5.74, 6) is 0.566. The number of ether oxygens (including phenoxy) is 1. The normalized spacial score (nSPS) is 10.2. The van der Waals surface area contributed by atoms with Gasteiger partial charge in [-0.25, -0.2) is 0 Å². The van der Waals surface area contributed by atoms with Crippen LogP contribution in [-0.4, -0.2) is 26.5 Å². The molecule has 0 fully saturated rings. The molecule has 16 heavy (non-hydrogen) atoms. The summed E-state index contributed by atoms with van der Waals surface area (Å²) < 4.78 is 5.05. The van der Waals surface area contributed by atoms with Gasteiger partial charge in [-0.1, -0.05) is 23.2 Å². The minimum absolute atomic E-state index is 0.349. The van der Waals surface area contributed by atoms with Crippen molar-refractivity contribution in [2.45, 2.75) is 6.42 Å². The Morgan fingerprint density at radius 3 is 2.75 bits per heavy atom. The maximum Gasteiger partial charge on any atom is 0.138 e. The molecular weight excluding hydrogens is 249 g/mol. The van der Waals surface area contributed by atoms with Crippen molar-refractivity contribution in [3.05, 3.63) is 27.7 Å². The summed E-state index contributed by atoms with van der Waals surface area (Å²) in [7, 11) is 1.54. The number of nitrogens with one attached hydrogen (secondary N) is 1. The highest BCUT2D eigenvalue weighted by atomic mass is 35.5. The van der Waals surface area contributed by atoms with Gasteiger partial charge in [0.05, 0.1) is 18.7 Å². The van der Waals surface area contributed by atoms with Crippen LogP contribution in [-0.2, 0) is 11.2 Å². The van der Waals surface area contributed by atoms with Crippen LogP contribution in [0.4, 0.5) is 0 Å². The number of methoxy groups -OCH3 is 1. The van der Waals surface area contributed by atoms with Crippen LogP contribution < -0.4 is 10.1 Å². The van der Waals surface area contributed by atoms with E-state index in [0.29, 0.717) is 28.9 Å². The molecule has 0 amide bonds. The SMILES string of the molecule is COc1cc(Cl)c(CCNCC=O)cc1Cl. The maximum absolute atomic E-state index is 10.1. The lowest BCUT2D eigenvalue weighted by molar-refractivity contribution is -0.107. The van der Waals surface area contributed by atoms with Crippen molar-refractivity contribution in [3.63, 3.8) is 0 Å². The first-order valence-corrected chi connectivity index (χ1v) is 5.61. The molecule has 0 radical (unpaired) electrons. The molecule has 0 spiro atoms. The molecule has 1 rings (SSSR count). The molecule has 0 aromatic heterocycles. The van der Waals surface area contributed by atoms with Crippen LogP contribution in [0.3, 0.4) is 0 Å². The van der Waals surface area contributed by atoms with Gasteiger partial charge in [0.1, 0.15) is 12.0 Å². The summed E-state index contributed by atoms with van der Waals surface area (Å²) in [4.78, 5) is 10.1. The molecule has 0 aliphatic rings. The molecule has 1 aromatic carbocycles. The minimum atomic E-state index is 0.349. The Balaban J connectivity index is 2.66. The molecule has 0 aliphatic heterocycles. The highest BCUT2D eigenvalue weighted by Crippen LogP contribution is 2.30. The Morgan fingerprint density at radius 2 is 2.12 bits per heavy atom. The molecule has 5 heteroatoms. The predicted octanol–water partition coefficient (Wildman–Crippen LogP) is 2.33. The quantitative estimate of drug-likeness (QED) is 0.631. The van der Waals surface area contributed by atoms with Crippen molar-refractivity contribution in [1.82, 2.24) is 5.32 Å². The molecule has 0 saturated heterocycles. The van der Waals surface area contributed by atoms with E-state index in [1.54, 1.807) is 19.2 Å². The first kappa shape index (κ1) is 13.3. The van der Waals surface area contributed by atoms with Gasteiger partial charge in [0, 0.05) is 11.1 Å². The van der Waals surface area contributed by atoms with Crippen LogP contribution in [0.1, 0.15) is 5.56 Å². The maximum atomic E-state index is 10.1. The van der Waals surface area contributed by atoms with Crippen molar-refractivity contribution < 1.29 is 9.53 Å². The van der Waals surface area contributed by atoms with Gasteiger partial charge in [-0.3, -0.25) is 0 Å². The lowest BCUT2D eigenvalue weighted by atomic mass is 10.1.